The number of benzene rings is 3. The number of ether oxygens (including phenoxy) is 1. The number of hydrogen-bond acceptors (Lipinski definition) is 3. The zero-order valence-corrected chi connectivity index (χ0v) is 15.2. The number of amides is 1. The first-order valence-corrected chi connectivity index (χ1v) is 9.53. The zero-order valence-electron chi connectivity index (χ0n) is 14.4. The highest BCUT2D eigenvalue weighted by Gasteiger charge is 2.11. The van der Waals surface area contributed by atoms with Gasteiger partial charge in [-0.2, -0.15) is 0 Å². The summed E-state index contributed by atoms with van der Waals surface area (Å²) in [5.74, 6) is 1.31. The second kappa shape index (κ2) is 9.68. The predicted molar refractivity (Wildman–Crippen MR) is 107 cm³/mol. The van der Waals surface area contributed by atoms with Crippen LogP contribution >= 0.6 is 11.8 Å². The third-order valence-electron chi connectivity index (χ3n) is 3.77. The maximum Gasteiger partial charge on any atom is 0.255 e. The Morgan fingerprint density at radius 1 is 0.846 bits per heavy atom. The Labute approximate surface area is 158 Å². The van der Waals surface area contributed by atoms with Crippen LogP contribution < -0.4 is 10.1 Å². The molecule has 0 radical (unpaired) electrons. The Morgan fingerprint density at radius 2 is 1.50 bits per heavy atom. The van der Waals surface area contributed by atoms with E-state index in [9.17, 15) is 4.79 Å². The van der Waals surface area contributed by atoms with E-state index in [1.54, 1.807) is 17.8 Å². The molecule has 4 heteroatoms. The summed E-state index contributed by atoms with van der Waals surface area (Å²) >= 11 is 1.72. The molecule has 0 atom stereocenters. The molecule has 3 aromatic rings. The molecule has 0 bridgehead atoms. The van der Waals surface area contributed by atoms with Gasteiger partial charge in [0.2, 0.25) is 0 Å². The topological polar surface area (TPSA) is 38.3 Å². The van der Waals surface area contributed by atoms with Gasteiger partial charge in [0.1, 0.15) is 12.4 Å². The molecule has 0 heterocycles. The second-order valence-corrected chi connectivity index (χ2v) is 6.86. The van der Waals surface area contributed by atoms with Crippen molar-refractivity contribution in [2.45, 2.75) is 11.5 Å². The predicted octanol–water partition coefficient (Wildman–Crippen LogP) is 4.79. The number of hydrogen-bond donors (Lipinski definition) is 1. The molecule has 0 saturated heterocycles. The SMILES string of the molecule is O=C(NCCSc1ccccc1)c1ccccc1OCc1ccccc1. The largest absolute Gasteiger partial charge is 0.488 e. The van der Waals surface area contributed by atoms with Crippen molar-refractivity contribution >= 4 is 17.7 Å². The van der Waals surface area contributed by atoms with E-state index in [-0.39, 0.29) is 5.91 Å². The summed E-state index contributed by atoms with van der Waals surface area (Å²) in [7, 11) is 0. The van der Waals surface area contributed by atoms with Crippen molar-refractivity contribution in [1.29, 1.82) is 0 Å². The van der Waals surface area contributed by atoms with Crippen LogP contribution in [0, 0.1) is 0 Å². The maximum atomic E-state index is 12.5. The van der Waals surface area contributed by atoms with Crippen LogP contribution in [0.2, 0.25) is 0 Å². The third kappa shape index (κ3) is 5.39. The normalized spacial score (nSPS) is 10.3. The Balaban J connectivity index is 1.52. The van der Waals surface area contributed by atoms with Gasteiger partial charge < -0.3 is 10.1 Å². The molecule has 3 nitrogen and oxygen atoms in total. The fourth-order valence-electron chi connectivity index (χ4n) is 2.46. The van der Waals surface area contributed by atoms with Crippen LogP contribution in [-0.4, -0.2) is 18.2 Å². The first-order chi connectivity index (χ1) is 12.8. The second-order valence-electron chi connectivity index (χ2n) is 5.69. The maximum absolute atomic E-state index is 12.5. The van der Waals surface area contributed by atoms with E-state index in [4.69, 9.17) is 4.74 Å². The van der Waals surface area contributed by atoms with Gasteiger partial charge in [0.15, 0.2) is 0 Å². The molecule has 0 unspecified atom stereocenters. The number of para-hydroxylation sites is 1. The van der Waals surface area contributed by atoms with Crippen molar-refractivity contribution in [3.63, 3.8) is 0 Å². The molecule has 0 aliphatic carbocycles. The number of thioether (sulfide) groups is 1. The Hall–Kier alpha value is -2.72. The highest BCUT2D eigenvalue weighted by atomic mass is 32.2. The van der Waals surface area contributed by atoms with Crippen LogP contribution in [0.4, 0.5) is 0 Å². The number of carbonyl (C=O) groups is 1. The summed E-state index contributed by atoms with van der Waals surface area (Å²) < 4.78 is 5.85. The first kappa shape index (κ1) is 18.1. The van der Waals surface area contributed by atoms with Crippen LogP contribution in [0.25, 0.3) is 0 Å². The molecule has 0 aliphatic heterocycles. The highest BCUT2D eigenvalue weighted by molar-refractivity contribution is 7.99. The third-order valence-corrected chi connectivity index (χ3v) is 4.78. The van der Waals surface area contributed by atoms with Gasteiger partial charge in [-0.15, -0.1) is 11.8 Å². The Morgan fingerprint density at radius 3 is 2.27 bits per heavy atom. The van der Waals surface area contributed by atoms with Crippen molar-refractivity contribution in [3.05, 3.63) is 96.1 Å². The van der Waals surface area contributed by atoms with Crippen molar-refractivity contribution < 1.29 is 9.53 Å². The van der Waals surface area contributed by atoms with E-state index in [0.29, 0.717) is 24.5 Å². The van der Waals surface area contributed by atoms with Crippen LogP contribution in [0.15, 0.2) is 89.8 Å². The summed E-state index contributed by atoms with van der Waals surface area (Å²) in [5, 5.41) is 2.97. The molecule has 3 rings (SSSR count). The molecule has 0 aliphatic rings. The van der Waals surface area contributed by atoms with E-state index in [1.165, 1.54) is 4.90 Å². The fraction of sp³-hybridized carbons (Fsp3) is 0.136. The summed E-state index contributed by atoms with van der Waals surface area (Å²) in [4.78, 5) is 13.7. The van der Waals surface area contributed by atoms with E-state index < -0.39 is 0 Å². The minimum atomic E-state index is -0.109. The average molecular weight is 363 g/mol. The molecule has 0 aromatic heterocycles. The van der Waals surface area contributed by atoms with Crippen molar-refractivity contribution in [3.8, 4) is 5.75 Å². The average Bonchev–Trinajstić information content (AvgIpc) is 2.71. The lowest BCUT2D eigenvalue weighted by atomic mass is 10.2. The minimum absolute atomic E-state index is 0.109. The van der Waals surface area contributed by atoms with Gasteiger partial charge in [-0.05, 0) is 29.8 Å². The lowest BCUT2D eigenvalue weighted by molar-refractivity contribution is 0.0951. The molecule has 132 valence electrons. The monoisotopic (exact) mass is 363 g/mol. The van der Waals surface area contributed by atoms with Crippen LogP contribution in [-0.2, 0) is 6.61 Å². The fourth-order valence-corrected chi connectivity index (χ4v) is 3.25. The molecule has 1 amide bonds. The molecule has 0 saturated carbocycles. The smallest absolute Gasteiger partial charge is 0.255 e. The van der Waals surface area contributed by atoms with Crippen LogP contribution in [0.1, 0.15) is 15.9 Å². The number of nitrogens with one attached hydrogen (secondary N) is 1. The quantitative estimate of drug-likeness (QED) is 0.462. The van der Waals surface area contributed by atoms with Gasteiger partial charge in [-0.25, -0.2) is 0 Å². The Kier molecular flexibility index (Phi) is 6.73. The van der Waals surface area contributed by atoms with Crippen LogP contribution in [0.5, 0.6) is 5.75 Å². The first-order valence-electron chi connectivity index (χ1n) is 8.55. The lowest BCUT2D eigenvalue weighted by Crippen LogP contribution is -2.26. The van der Waals surface area contributed by atoms with E-state index in [2.05, 4.69) is 17.4 Å². The molecule has 0 spiro atoms. The summed E-state index contributed by atoms with van der Waals surface area (Å²) in [6.07, 6.45) is 0. The summed E-state index contributed by atoms with van der Waals surface area (Å²) in [6.45, 7) is 1.04. The molecule has 26 heavy (non-hydrogen) atoms. The van der Waals surface area contributed by atoms with Crippen LogP contribution in [0.3, 0.4) is 0 Å². The van der Waals surface area contributed by atoms with Gasteiger partial charge in [-0.3, -0.25) is 4.79 Å². The van der Waals surface area contributed by atoms with Crippen molar-refractivity contribution in [2.24, 2.45) is 0 Å². The Bertz CT molecular complexity index is 822. The van der Waals surface area contributed by atoms with Gasteiger partial charge in [0.05, 0.1) is 5.56 Å². The standard InChI is InChI=1S/C22H21NO2S/c24-22(23-15-16-26-19-11-5-2-6-12-19)20-13-7-8-14-21(20)25-17-18-9-3-1-4-10-18/h1-14H,15-17H2,(H,23,24). The van der Waals surface area contributed by atoms with Crippen molar-refractivity contribution in [1.82, 2.24) is 5.32 Å². The molecular formula is C22H21NO2S. The van der Waals surface area contributed by atoms with Gasteiger partial charge >= 0.3 is 0 Å². The van der Waals surface area contributed by atoms with Gasteiger partial charge in [-0.1, -0.05) is 60.7 Å². The van der Waals surface area contributed by atoms with Crippen molar-refractivity contribution in [2.75, 3.05) is 12.3 Å². The van der Waals surface area contributed by atoms with E-state index >= 15 is 0 Å². The highest BCUT2D eigenvalue weighted by Crippen LogP contribution is 2.20. The van der Waals surface area contributed by atoms with Gasteiger partial charge in [0, 0.05) is 17.2 Å². The molecule has 0 fully saturated rings. The number of carbonyl (C=O) groups excluding carboxylic acids is 1. The van der Waals surface area contributed by atoms with E-state index in [1.807, 2.05) is 66.7 Å². The number of rotatable bonds is 8. The lowest BCUT2D eigenvalue weighted by Gasteiger charge is -2.12. The molecule has 3 aromatic carbocycles. The summed E-state index contributed by atoms with van der Waals surface area (Å²) in [5.41, 5.74) is 1.63. The van der Waals surface area contributed by atoms with Gasteiger partial charge in [0.25, 0.3) is 5.91 Å². The molecular weight excluding hydrogens is 342 g/mol. The molecule has 1 N–H and O–H groups in total. The van der Waals surface area contributed by atoms with E-state index in [0.717, 1.165) is 11.3 Å². The zero-order chi connectivity index (χ0) is 18.0. The minimum Gasteiger partial charge on any atom is -0.488 e. The summed E-state index contributed by atoms with van der Waals surface area (Å²) in [6, 6.07) is 27.4.